The lowest BCUT2D eigenvalue weighted by molar-refractivity contribution is 0.271. The molecule has 1 rings (SSSR count). The summed E-state index contributed by atoms with van der Waals surface area (Å²) < 4.78 is 5.27. The Balaban J connectivity index is 3.14. The van der Waals surface area contributed by atoms with Crippen molar-refractivity contribution in [3.05, 3.63) is 23.8 Å². The average Bonchev–Trinajstić information content (AvgIpc) is 2.26. The van der Waals surface area contributed by atoms with E-state index in [4.69, 9.17) is 9.84 Å². The van der Waals surface area contributed by atoms with E-state index in [1.807, 2.05) is 31.4 Å². The van der Waals surface area contributed by atoms with E-state index in [0.717, 1.165) is 16.2 Å². The Labute approximate surface area is 89.3 Å². The highest BCUT2D eigenvalue weighted by Gasteiger charge is 2.12. The minimum atomic E-state index is 0.160. The number of hydrogen-bond acceptors (Lipinski definition) is 3. The molecule has 0 amide bonds. The molecule has 1 N–H and O–H groups in total. The second-order valence-corrected chi connectivity index (χ2v) is 3.98. The largest absolute Gasteiger partial charge is 0.496 e. The Morgan fingerprint density at radius 3 is 2.71 bits per heavy atom. The normalized spacial score (nSPS) is 12.6. The van der Waals surface area contributed by atoms with Crippen molar-refractivity contribution in [2.45, 2.75) is 17.7 Å². The maximum atomic E-state index is 9.12. The fourth-order valence-electron chi connectivity index (χ4n) is 1.40. The van der Waals surface area contributed by atoms with Gasteiger partial charge in [-0.1, -0.05) is 19.1 Å². The first kappa shape index (κ1) is 11.4. The topological polar surface area (TPSA) is 29.5 Å². The summed E-state index contributed by atoms with van der Waals surface area (Å²) in [5.41, 5.74) is 1.15. The fraction of sp³-hybridized carbons (Fsp3) is 0.455. The van der Waals surface area contributed by atoms with Gasteiger partial charge in [0.25, 0.3) is 0 Å². The second kappa shape index (κ2) is 5.27. The predicted molar refractivity (Wildman–Crippen MR) is 60.3 cm³/mol. The summed E-state index contributed by atoms with van der Waals surface area (Å²) in [6.07, 6.45) is 2.02. The van der Waals surface area contributed by atoms with Crippen molar-refractivity contribution in [3.63, 3.8) is 0 Å². The van der Waals surface area contributed by atoms with E-state index in [9.17, 15) is 0 Å². The molecule has 14 heavy (non-hydrogen) atoms. The third-order valence-electron chi connectivity index (χ3n) is 2.24. The standard InChI is InChI=1S/C11H16O2S/c1-8(7-12)9-5-4-6-10(13-2)11(9)14-3/h4-6,8,12H,7H2,1-3H3. The van der Waals surface area contributed by atoms with Crippen molar-refractivity contribution in [1.82, 2.24) is 0 Å². The van der Waals surface area contributed by atoms with Crippen LogP contribution >= 0.6 is 11.8 Å². The van der Waals surface area contributed by atoms with Crippen molar-refractivity contribution in [2.75, 3.05) is 20.0 Å². The van der Waals surface area contributed by atoms with E-state index in [0.29, 0.717) is 0 Å². The Hall–Kier alpha value is -0.670. The Morgan fingerprint density at radius 1 is 1.50 bits per heavy atom. The number of benzene rings is 1. The molecule has 1 aromatic carbocycles. The number of hydrogen-bond donors (Lipinski definition) is 1. The van der Waals surface area contributed by atoms with Crippen LogP contribution < -0.4 is 4.74 Å². The zero-order valence-electron chi connectivity index (χ0n) is 8.78. The number of aliphatic hydroxyl groups is 1. The van der Waals surface area contributed by atoms with Gasteiger partial charge >= 0.3 is 0 Å². The van der Waals surface area contributed by atoms with E-state index in [-0.39, 0.29) is 12.5 Å². The lowest BCUT2D eigenvalue weighted by Gasteiger charge is -2.15. The second-order valence-electron chi connectivity index (χ2n) is 3.17. The molecule has 0 heterocycles. The highest BCUT2D eigenvalue weighted by atomic mass is 32.2. The van der Waals surface area contributed by atoms with Crippen LogP contribution in [0.1, 0.15) is 18.4 Å². The molecule has 0 aliphatic carbocycles. The summed E-state index contributed by atoms with van der Waals surface area (Å²) in [4.78, 5) is 1.12. The zero-order valence-corrected chi connectivity index (χ0v) is 9.60. The lowest BCUT2D eigenvalue weighted by atomic mass is 10.0. The molecule has 78 valence electrons. The number of ether oxygens (including phenoxy) is 1. The summed E-state index contributed by atoms with van der Waals surface area (Å²) in [6, 6.07) is 5.94. The van der Waals surface area contributed by atoms with Crippen molar-refractivity contribution < 1.29 is 9.84 Å². The van der Waals surface area contributed by atoms with Crippen LogP contribution in [0, 0.1) is 0 Å². The van der Waals surface area contributed by atoms with E-state index in [1.54, 1.807) is 18.9 Å². The van der Waals surface area contributed by atoms with Gasteiger partial charge in [-0.3, -0.25) is 0 Å². The van der Waals surface area contributed by atoms with Crippen LogP contribution in [-0.2, 0) is 0 Å². The third-order valence-corrected chi connectivity index (χ3v) is 3.08. The molecule has 0 aliphatic rings. The summed E-state index contributed by atoms with van der Waals surface area (Å²) in [5, 5.41) is 9.12. The van der Waals surface area contributed by atoms with Crippen LogP contribution in [0.15, 0.2) is 23.1 Å². The summed E-state index contributed by atoms with van der Waals surface area (Å²) in [7, 11) is 1.67. The van der Waals surface area contributed by atoms with Crippen molar-refractivity contribution in [1.29, 1.82) is 0 Å². The molecule has 3 heteroatoms. The Morgan fingerprint density at radius 2 is 2.21 bits per heavy atom. The van der Waals surface area contributed by atoms with Crippen molar-refractivity contribution in [2.24, 2.45) is 0 Å². The molecule has 0 aliphatic heterocycles. The first-order chi connectivity index (χ1) is 6.74. The first-order valence-electron chi connectivity index (χ1n) is 4.56. The molecule has 0 radical (unpaired) electrons. The van der Waals surface area contributed by atoms with Crippen LogP contribution in [-0.4, -0.2) is 25.1 Å². The maximum absolute atomic E-state index is 9.12. The van der Waals surface area contributed by atoms with Crippen LogP contribution in [0.5, 0.6) is 5.75 Å². The van der Waals surface area contributed by atoms with E-state index in [2.05, 4.69) is 0 Å². The van der Waals surface area contributed by atoms with Gasteiger partial charge in [0.15, 0.2) is 0 Å². The van der Waals surface area contributed by atoms with Gasteiger partial charge in [-0.05, 0) is 17.9 Å². The van der Waals surface area contributed by atoms with Gasteiger partial charge < -0.3 is 9.84 Å². The van der Waals surface area contributed by atoms with Crippen LogP contribution in [0.25, 0.3) is 0 Å². The highest BCUT2D eigenvalue weighted by Crippen LogP contribution is 2.34. The Bertz CT molecular complexity index is 299. The molecule has 1 aromatic rings. The van der Waals surface area contributed by atoms with Gasteiger partial charge in [0.1, 0.15) is 5.75 Å². The molecular weight excluding hydrogens is 196 g/mol. The predicted octanol–water partition coefficient (Wildman–Crippen LogP) is 2.51. The highest BCUT2D eigenvalue weighted by molar-refractivity contribution is 7.98. The molecule has 1 unspecified atom stereocenters. The molecule has 0 aromatic heterocycles. The SMILES string of the molecule is COc1cccc(C(C)CO)c1SC. The van der Waals surface area contributed by atoms with Gasteiger partial charge in [0.05, 0.1) is 12.0 Å². The van der Waals surface area contributed by atoms with E-state index >= 15 is 0 Å². The van der Waals surface area contributed by atoms with Gasteiger partial charge in [-0.15, -0.1) is 11.8 Å². The van der Waals surface area contributed by atoms with Gasteiger partial charge in [0.2, 0.25) is 0 Å². The van der Waals surface area contributed by atoms with E-state index < -0.39 is 0 Å². The number of methoxy groups -OCH3 is 1. The molecule has 2 nitrogen and oxygen atoms in total. The molecule has 0 fully saturated rings. The minimum Gasteiger partial charge on any atom is -0.496 e. The van der Waals surface area contributed by atoms with Crippen molar-refractivity contribution >= 4 is 11.8 Å². The van der Waals surface area contributed by atoms with Gasteiger partial charge in [-0.25, -0.2) is 0 Å². The molecule has 1 atom stereocenters. The summed E-state index contributed by atoms with van der Waals surface area (Å²) in [6.45, 7) is 2.18. The van der Waals surface area contributed by atoms with E-state index in [1.165, 1.54) is 0 Å². The quantitative estimate of drug-likeness (QED) is 0.778. The Kier molecular flexibility index (Phi) is 4.29. The number of rotatable bonds is 4. The van der Waals surface area contributed by atoms with Gasteiger partial charge in [-0.2, -0.15) is 0 Å². The summed E-state index contributed by atoms with van der Waals surface area (Å²) >= 11 is 1.65. The average molecular weight is 212 g/mol. The number of aliphatic hydroxyl groups excluding tert-OH is 1. The molecule has 0 saturated heterocycles. The van der Waals surface area contributed by atoms with Crippen LogP contribution in [0.3, 0.4) is 0 Å². The minimum absolute atomic E-state index is 0.160. The summed E-state index contributed by atoms with van der Waals surface area (Å²) in [5.74, 6) is 1.04. The maximum Gasteiger partial charge on any atom is 0.132 e. The molecule has 0 spiro atoms. The monoisotopic (exact) mass is 212 g/mol. The molecule has 0 bridgehead atoms. The zero-order chi connectivity index (χ0) is 10.6. The fourth-order valence-corrected chi connectivity index (χ4v) is 2.26. The van der Waals surface area contributed by atoms with Crippen LogP contribution in [0.2, 0.25) is 0 Å². The number of thioether (sulfide) groups is 1. The first-order valence-corrected chi connectivity index (χ1v) is 5.78. The molecular formula is C11H16O2S. The smallest absolute Gasteiger partial charge is 0.132 e. The van der Waals surface area contributed by atoms with Crippen LogP contribution in [0.4, 0.5) is 0 Å². The van der Waals surface area contributed by atoms with Gasteiger partial charge in [0, 0.05) is 12.5 Å². The van der Waals surface area contributed by atoms with Crippen molar-refractivity contribution in [3.8, 4) is 5.75 Å². The lowest BCUT2D eigenvalue weighted by Crippen LogP contribution is -2.01. The molecule has 0 saturated carbocycles. The third kappa shape index (κ3) is 2.22.